The molecular weight excluding hydrogens is 344 g/mol. The van der Waals surface area contributed by atoms with Gasteiger partial charge in [0.25, 0.3) is 11.5 Å². The highest BCUT2D eigenvalue weighted by Gasteiger charge is 2.12. The predicted molar refractivity (Wildman–Crippen MR) is 102 cm³/mol. The van der Waals surface area contributed by atoms with E-state index in [1.54, 1.807) is 49.1 Å². The minimum Gasteiger partial charge on any atom is -0.497 e. The normalized spacial score (nSPS) is 11.0. The molecule has 7 heteroatoms. The summed E-state index contributed by atoms with van der Waals surface area (Å²) in [7, 11) is 3.29. The molecule has 2 heterocycles. The number of nitrogens with zero attached hydrogens (tertiary/aromatic N) is 3. The molecule has 1 N–H and O–H groups in total. The van der Waals surface area contributed by atoms with E-state index >= 15 is 0 Å². The zero-order valence-electron chi connectivity index (χ0n) is 15.0. The number of rotatable bonds is 4. The Morgan fingerprint density at radius 3 is 2.78 bits per heavy atom. The fraction of sp³-hybridized carbons (Fsp3) is 0.150. The summed E-state index contributed by atoms with van der Waals surface area (Å²) in [6.07, 6.45) is 1.59. The van der Waals surface area contributed by atoms with Gasteiger partial charge < -0.3 is 14.6 Å². The third kappa shape index (κ3) is 2.93. The molecule has 0 radical (unpaired) electrons. The zero-order chi connectivity index (χ0) is 19.0. The molecule has 136 valence electrons. The minimum absolute atomic E-state index is 0.158. The Balaban J connectivity index is 1.65. The lowest BCUT2D eigenvalue weighted by Crippen LogP contribution is -2.24. The van der Waals surface area contributed by atoms with Gasteiger partial charge in [0.2, 0.25) is 0 Å². The van der Waals surface area contributed by atoms with Crippen molar-refractivity contribution in [2.45, 2.75) is 6.54 Å². The third-order valence-electron chi connectivity index (χ3n) is 4.58. The average Bonchev–Trinajstić information content (AvgIpc) is 3.20. The number of ether oxygens (including phenoxy) is 1. The number of carbonyl (C=O) groups is 1. The molecule has 2 aromatic heterocycles. The summed E-state index contributed by atoms with van der Waals surface area (Å²) >= 11 is 0. The molecule has 0 aliphatic carbocycles. The highest BCUT2D eigenvalue weighted by Crippen LogP contribution is 2.16. The summed E-state index contributed by atoms with van der Waals surface area (Å²) in [5.41, 5.74) is 3.17. The number of nitrogens with one attached hydrogen (secondary N) is 1. The van der Waals surface area contributed by atoms with E-state index in [9.17, 15) is 9.59 Å². The molecule has 0 saturated heterocycles. The summed E-state index contributed by atoms with van der Waals surface area (Å²) in [6, 6.07) is 14.4. The molecule has 4 rings (SSSR count). The molecule has 0 atom stereocenters. The number of aryl methyl sites for hydroxylation is 1. The van der Waals surface area contributed by atoms with Gasteiger partial charge >= 0.3 is 0 Å². The number of hydrogen-bond donors (Lipinski definition) is 1. The van der Waals surface area contributed by atoms with Gasteiger partial charge in [0.05, 0.1) is 24.3 Å². The third-order valence-corrected chi connectivity index (χ3v) is 4.58. The van der Waals surface area contributed by atoms with Crippen molar-refractivity contribution in [2.75, 3.05) is 7.11 Å². The summed E-state index contributed by atoms with van der Waals surface area (Å²) in [5, 5.41) is 7.10. The molecule has 27 heavy (non-hydrogen) atoms. The van der Waals surface area contributed by atoms with Gasteiger partial charge in [-0.2, -0.15) is 5.10 Å². The first kappa shape index (κ1) is 16.8. The van der Waals surface area contributed by atoms with Gasteiger partial charge in [-0.05, 0) is 42.0 Å². The van der Waals surface area contributed by atoms with Crippen LogP contribution < -0.4 is 15.6 Å². The summed E-state index contributed by atoms with van der Waals surface area (Å²) in [5.74, 6) is 0.526. The van der Waals surface area contributed by atoms with Crippen LogP contribution in [0.2, 0.25) is 0 Å². The van der Waals surface area contributed by atoms with Gasteiger partial charge in [0.15, 0.2) is 0 Å². The molecule has 7 nitrogen and oxygen atoms in total. The van der Waals surface area contributed by atoms with E-state index in [4.69, 9.17) is 4.74 Å². The van der Waals surface area contributed by atoms with Crippen LogP contribution in [0.25, 0.3) is 16.6 Å². The molecule has 2 aromatic carbocycles. The second-order valence-electron chi connectivity index (χ2n) is 6.23. The lowest BCUT2D eigenvalue weighted by Gasteiger charge is -2.10. The molecule has 1 amide bonds. The first-order chi connectivity index (χ1) is 13.1. The number of hydrogen-bond acceptors (Lipinski definition) is 4. The highest BCUT2D eigenvalue weighted by atomic mass is 16.5. The van der Waals surface area contributed by atoms with E-state index in [-0.39, 0.29) is 11.5 Å². The molecule has 0 bridgehead atoms. The van der Waals surface area contributed by atoms with Crippen molar-refractivity contribution < 1.29 is 9.53 Å². The van der Waals surface area contributed by atoms with Crippen molar-refractivity contribution in [1.29, 1.82) is 0 Å². The molecule has 0 saturated carbocycles. The minimum atomic E-state index is -0.215. The van der Waals surface area contributed by atoms with E-state index < -0.39 is 0 Å². The van der Waals surface area contributed by atoms with Crippen molar-refractivity contribution in [2.24, 2.45) is 7.05 Å². The summed E-state index contributed by atoms with van der Waals surface area (Å²) in [4.78, 5) is 25.0. The monoisotopic (exact) mass is 362 g/mol. The molecule has 4 aromatic rings. The Labute approximate surface area is 154 Å². The van der Waals surface area contributed by atoms with Gasteiger partial charge in [-0.1, -0.05) is 12.1 Å². The Kier molecular flexibility index (Phi) is 4.12. The van der Waals surface area contributed by atoms with Gasteiger partial charge in [-0.15, -0.1) is 0 Å². The fourth-order valence-electron chi connectivity index (χ4n) is 3.12. The van der Waals surface area contributed by atoms with Gasteiger partial charge in [0.1, 0.15) is 11.3 Å². The molecule has 0 unspecified atom stereocenters. The predicted octanol–water partition coefficient (Wildman–Crippen LogP) is 2.12. The average molecular weight is 362 g/mol. The van der Waals surface area contributed by atoms with Crippen molar-refractivity contribution in [3.63, 3.8) is 0 Å². The lowest BCUT2D eigenvalue weighted by molar-refractivity contribution is 0.0951. The smallest absolute Gasteiger partial charge is 0.276 e. The highest BCUT2D eigenvalue weighted by molar-refractivity contribution is 5.97. The molecular formula is C20H18N4O3. The molecule has 0 fully saturated rings. The number of amides is 1. The van der Waals surface area contributed by atoms with E-state index in [0.29, 0.717) is 23.1 Å². The summed E-state index contributed by atoms with van der Waals surface area (Å²) in [6.45, 7) is 0.380. The second-order valence-corrected chi connectivity index (χ2v) is 6.23. The van der Waals surface area contributed by atoms with Crippen LogP contribution in [0.3, 0.4) is 0 Å². The number of benzene rings is 2. The fourth-order valence-corrected chi connectivity index (χ4v) is 3.12. The largest absolute Gasteiger partial charge is 0.497 e. The van der Waals surface area contributed by atoms with Crippen LogP contribution in [0, 0.1) is 0 Å². The molecule has 0 aliphatic rings. The Morgan fingerprint density at radius 2 is 1.96 bits per heavy atom. The Bertz CT molecular complexity index is 1220. The van der Waals surface area contributed by atoms with Gasteiger partial charge in [-0.3, -0.25) is 9.59 Å². The SMILES string of the molecule is COc1cccc(CNC(=O)c2ccc3c(c2)n(C)c(=O)c2ccnn23)c1. The van der Waals surface area contributed by atoms with E-state index in [2.05, 4.69) is 10.4 Å². The number of methoxy groups -OCH3 is 1. The summed E-state index contributed by atoms with van der Waals surface area (Å²) < 4.78 is 8.32. The molecule has 0 aliphatic heterocycles. The van der Waals surface area contributed by atoms with Gasteiger partial charge in [0, 0.05) is 19.2 Å². The van der Waals surface area contributed by atoms with Crippen LogP contribution in [0.1, 0.15) is 15.9 Å². The van der Waals surface area contributed by atoms with Crippen molar-refractivity contribution >= 4 is 22.5 Å². The maximum atomic E-state index is 12.6. The number of fused-ring (bicyclic) bond motifs is 3. The number of carbonyl (C=O) groups excluding carboxylic acids is 1. The van der Waals surface area contributed by atoms with Gasteiger partial charge in [-0.25, -0.2) is 4.52 Å². The van der Waals surface area contributed by atoms with E-state index in [1.807, 2.05) is 24.3 Å². The maximum Gasteiger partial charge on any atom is 0.276 e. The van der Waals surface area contributed by atoms with E-state index in [1.165, 1.54) is 4.57 Å². The Morgan fingerprint density at radius 1 is 1.11 bits per heavy atom. The number of aromatic nitrogens is 3. The quantitative estimate of drug-likeness (QED) is 0.603. The van der Waals surface area contributed by atoms with Crippen LogP contribution in [-0.4, -0.2) is 27.2 Å². The van der Waals surface area contributed by atoms with Crippen molar-refractivity contribution in [3.05, 3.63) is 76.2 Å². The zero-order valence-corrected chi connectivity index (χ0v) is 15.0. The van der Waals surface area contributed by atoms with Crippen LogP contribution in [0.15, 0.2) is 59.5 Å². The van der Waals surface area contributed by atoms with Crippen molar-refractivity contribution in [1.82, 2.24) is 19.5 Å². The van der Waals surface area contributed by atoms with E-state index in [0.717, 1.165) is 16.8 Å². The second kappa shape index (κ2) is 6.60. The first-order valence-electron chi connectivity index (χ1n) is 8.46. The van der Waals surface area contributed by atoms with Crippen molar-refractivity contribution in [3.8, 4) is 5.75 Å². The topological polar surface area (TPSA) is 77.6 Å². The van der Waals surface area contributed by atoms with Crippen LogP contribution in [0.5, 0.6) is 5.75 Å². The van der Waals surface area contributed by atoms with Crippen LogP contribution in [-0.2, 0) is 13.6 Å². The molecule has 0 spiro atoms. The maximum absolute atomic E-state index is 12.6. The first-order valence-corrected chi connectivity index (χ1v) is 8.46. The standard InChI is InChI=1S/C20H18N4O3/c1-23-18-11-14(6-7-16(18)24-17(20(23)26)8-9-22-24)19(25)21-12-13-4-3-5-15(10-13)27-2/h3-11H,12H2,1-2H3,(H,21,25). The van der Waals surface area contributed by atoms with Crippen LogP contribution >= 0.6 is 0 Å². The Hall–Kier alpha value is -3.61. The van der Waals surface area contributed by atoms with Crippen LogP contribution in [0.4, 0.5) is 0 Å². The lowest BCUT2D eigenvalue weighted by atomic mass is 10.1.